The van der Waals surface area contributed by atoms with E-state index in [0.717, 1.165) is 6.07 Å². The van der Waals surface area contributed by atoms with Gasteiger partial charge in [0.05, 0.1) is 24.5 Å². The molecule has 0 unspecified atom stereocenters. The van der Waals surface area contributed by atoms with E-state index in [2.05, 4.69) is 10.1 Å². The molecule has 0 heterocycles. The zero-order valence-electron chi connectivity index (χ0n) is 11.5. The van der Waals surface area contributed by atoms with Gasteiger partial charge in [0.25, 0.3) is 6.43 Å². The van der Waals surface area contributed by atoms with Crippen molar-refractivity contribution in [2.75, 3.05) is 37.4 Å². The first kappa shape index (κ1) is 17.1. The molecule has 0 radical (unpaired) electrons. The number of alkyl halides is 2. The summed E-state index contributed by atoms with van der Waals surface area (Å²) in [4.78, 5) is 11.6. The Morgan fingerprint density at radius 1 is 1.43 bits per heavy atom. The highest BCUT2D eigenvalue weighted by Gasteiger charge is 2.15. The van der Waals surface area contributed by atoms with Crippen LogP contribution in [0.2, 0.25) is 0 Å². The van der Waals surface area contributed by atoms with Gasteiger partial charge in [-0.1, -0.05) is 0 Å². The summed E-state index contributed by atoms with van der Waals surface area (Å²) >= 11 is 0. The van der Waals surface area contributed by atoms with Crippen molar-refractivity contribution >= 4 is 17.3 Å². The highest BCUT2D eigenvalue weighted by Crippen LogP contribution is 2.22. The fraction of sp³-hybridized carbons (Fsp3) is 0.462. The van der Waals surface area contributed by atoms with E-state index in [1.54, 1.807) is 6.92 Å². The second-order valence-electron chi connectivity index (χ2n) is 4.03. The molecule has 8 heteroatoms. The highest BCUT2D eigenvalue weighted by atomic mass is 19.3. The Balaban J connectivity index is 2.65. The van der Waals surface area contributed by atoms with Gasteiger partial charge < -0.3 is 20.5 Å². The lowest BCUT2D eigenvalue weighted by Crippen LogP contribution is -2.15. The van der Waals surface area contributed by atoms with Crippen LogP contribution in [-0.4, -0.2) is 38.8 Å². The predicted molar refractivity (Wildman–Crippen MR) is 72.1 cm³/mol. The normalized spacial score (nSPS) is 10.7. The molecule has 1 rings (SSSR count). The molecule has 0 saturated heterocycles. The van der Waals surface area contributed by atoms with Crippen molar-refractivity contribution < 1.29 is 27.4 Å². The molecule has 5 nitrogen and oxygen atoms in total. The average molecular weight is 306 g/mol. The summed E-state index contributed by atoms with van der Waals surface area (Å²) in [5.74, 6) is -1.32. The van der Waals surface area contributed by atoms with Gasteiger partial charge in [-0.15, -0.1) is 0 Å². The molecule has 0 aliphatic rings. The smallest absolute Gasteiger partial charge is 0.340 e. The Labute approximate surface area is 120 Å². The van der Waals surface area contributed by atoms with Crippen molar-refractivity contribution in [2.24, 2.45) is 0 Å². The summed E-state index contributed by atoms with van der Waals surface area (Å²) in [7, 11) is 0. The van der Waals surface area contributed by atoms with Crippen LogP contribution in [0, 0.1) is 5.82 Å². The fourth-order valence-electron chi connectivity index (χ4n) is 1.54. The largest absolute Gasteiger partial charge is 0.462 e. The fourth-order valence-corrected chi connectivity index (χ4v) is 1.54. The third-order valence-corrected chi connectivity index (χ3v) is 2.44. The molecule has 1 aromatic carbocycles. The highest BCUT2D eigenvalue weighted by molar-refractivity contribution is 5.96. The third kappa shape index (κ3) is 5.50. The van der Waals surface area contributed by atoms with E-state index >= 15 is 0 Å². The van der Waals surface area contributed by atoms with E-state index in [-0.39, 0.29) is 36.7 Å². The lowest BCUT2D eigenvalue weighted by atomic mass is 10.1. The topological polar surface area (TPSA) is 73.6 Å². The van der Waals surface area contributed by atoms with Gasteiger partial charge in [0.2, 0.25) is 0 Å². The number of carbonyl (C=O) groups is 1. The summed E-state index contributed by atoms with van der Waals surface area (Å²) in [6, 6.07) is 2.21. The van der Waals surface area contributed by atoms with Gasteiger partial charge in [-0.3, -0.25) is 0 Å². The summed E-state index contributed by atoms with van der Waals surface area (Å²) in [5.41, 5.74) is 5.58. The van der Waals surface area contributed by atoms with E-state index in [1.807, 2.05) is 0 Å². The minimum atomic E-state index is -2.55. The number of benzene rings is 1. The van der Waals surface area contributed by atoms with E-state index in [0.29, 0.717) is 0 Å². The molecule has 0 amide bonds. The first-order valence-electron chi connectivity index (χ1n) is 6.31. The van der Waals surface area contributed by atoms with Crippen LogP contribution < -0.4 is 11.1 Å². The van der Waals surface area contributed by atoms with Crippen molar-refractivity contribution in [3.63, 3.8) is 0 Å². The van der Waals surface area contributed by atoms with E-state index in [1.165, 1.54) is 6.07 Å². The Morgan fingerprint density at radius 3 is 2.76 bits per heavy atom. The summed E-state index contributed by atoms with van der Waals surface area (Å²) in [5, 5.41) is 2.64. The second kappa shape index (κ2) is 8.35. The lowest BCUT2D eigenvalue weighted by molar-refractivity contribution is 0.0214. The van der Waals surface area contributed by atoms with Gasteiger partial charge in [-0.25, -0.2) is 18.0 Å². The van der Waals surface area contributed by atoms with Crippen LogP contribution >= 0.6 is 0 Å². The quantitative estimate of drug-likeness (QED) is 0.438. The molecule has 0 bridgehead atoms. The van der Waals surface area contributed by atoms with Crippen LogP contribution in [0.25, 0.3) is 0 Å². The minimum absolute atomic E-state index is 0.0212. The Hall–Kier alpha value is -1.96. The molecule has 0 aliphatic carbocycles. The molecule has 0 saturated carbocycles. The number of esters is 1. The molecule has 3 N–H and O–H groups in total. The number of anilines is 2. The lowest BCUT2D eigenvalue weighted by Gasteiger charge is -2.11. The van der Waals surface area contributed by atoms with Crippen molar-refractivity contribution in [3.05, 3.63) is 23.5 Å². The monoisotopic (exact) mass is 306 g/mol. The zero-order valence-corrected chi connectivity index (χ0v) is 11.5. The van der Waals surface area contributed by atoms with Gasteiger partial charge in [-0.2, -0.15) is 0 Å². The number of nitrogens with two attached hydrogens (primary N) is 1. The number of carbonyl (C=O) groups excluding carboxylic acids is 1. The van der Waals surface area contributed by atoms with E-state index in [4.69, 9.17) is 10.5 Å². The van der Waals surface area contributed by atoms with Crippen LogP contribution in [0.4, 0.5) is 24.5 Å². The Morgan fingerprint density at radius 2 is 2.14 bits per heavy atom. The molecule has 0 aliphatic heterocycles. The van der Waals surface area contributed by atoms with Crippen LogP contribution in [0.1, 0.15) is 17.3 Å². The first-order chi connectivity index (χ1) is 9.95. The molecular weight excluding hydrogens is 289 g/mol. The van der Waals surface area contributed by atoms with Crippen LogP contribution in [-0.2, 0) is 9.47 Å². The van der Waals surface area contributed by atoms with Crippen LogP contribution in [0.3, 0.4) is 0 Å². The zero-order chi connectivity index (χ0) is 15.8. The van der Waals surface area contributed by atoms with Crippen molar-refractivity contribution in [2.45, 2.75) is 13.3 Å². The number of nitrogen functional groups attached to an aromatic ring is 1. The Kier molecular flexibility index (Phi) is 6.80. The molecule has 21 heavy (non-hydrogen) atoms. The molecule has 0 aromatic heterocycles. The van der Waals surface area contributed by atoms with Crippen molar-refractivity contribution in [1.82, 2.24) is 0 Å². The number of hydrogen-bond acceptors (Lipinski definition) is 5. The van der Waals surface area contributed by atoms with Gasteiger partial charge in [0.1, 0.15) is 12.4 Å². The van der Waals surface area contributed by atoms with Crippen LogP contribution in [0.5, 0.6) is 0 Å². The van der Waals surface area contributed by atoms with Crippen molar-refractivity contribution in [3.8, 4) is 0 Å². The number of halogens is 3. The number of rotatable bonds is 8. The first-order valence-corrected chi connectivity index (χ1v) is 6.31. The summed E-state index contributed by atoms with van der Waals surface area (Å²) in [6.45, 7) is 1.20. The minimum Gasteiger partial charge on any atom is -0.462 e. The SMILES string of the molecule is CCOC(=O)c1cc(NCCOCC(F)F)c(F)cc1N. The summed E-state index contributed by atoms with van der Waals surface area (Å²) in [6.07, 6.45) is -2.55. The third-order valence-electron chi connectivity index (χ3n) is 2.44. The predicted octanol–water partition coefficient (Wildman–Crippen LogP) is 2.28. The standard InChI is InChI=1S/C13H17F3N2O3/c1-2-21-13(19)8-5-11(9(14)6-10(8)17)18-3-4-20-7-12(15)16/h5-6,12,18H,2-4,7,17H2,1H3. The molecule has 0 atom stereocenters. The van der Waals surface area contributed by atoms with Gasteiger partial charge >= 0.3 is 5.97 Å². The molecule has 0 spiro atoms. The Bertz CT molecular complexity index is 484. The maximum Gasteiger partial charge on any atom is 0.340 e. The second-order valence-corrected chi connectivity index (χ2v) is 4.03. The molecule has 1 aromatic rings. The molecule has 0 fully saturated rings. The maximum absolute atomic E-state index is 13.7. The molecule has 118 valence electrons. The number of nitrogens with one attached hydrogen (secondary N) is 1. The number of ether oxygens (including phenoxy) is 2. The number of hydrogen-bond donors (Lipinski definition) is 2. The summed E-state index contributed by atoms with van der Waals surface area (Å²) < 4.78 is 46.8. The maximum atomic E-state index is 13.7. The average Bonchev–Trinajstić information content (AvgIpc) is 2.40. The van der Waals surface area contributed by atoms with E-state index < -0.39 is 24.8 Å². The van der Waals surface area contributed by atoms with Gasteiger partial charge in [-0.05, 0) is 19.1 Å². The van der Waals surface area contributed by atoms with Gasteiger partial charge in [0.15, 0.2) is 0 Å². The van der Waals surface area contributed by atoms with Gasteiger partial charge in [0, 0.05) is 12.2 Å². The van der Waals surface area contributed by atoms with Crippen molar-refractivity contribution in [1.29, 1.82) is 0 Å². The van der Waals surface area contributed by atoms with Crippen LogP contribution in [0.15, 0.2) is 12.1 Å². The van der Waals surface area contributed by atoms with E-state index in [9.17, 15) is 18.0 Å². The molecular formula is C13H17F3N2O3.